The zero-order valence-corrected chi connectivity index (χ0v) is 14.8. The van der Waals surface area contributed by atoms with E-state index in [0.29, 0.717) is 6.54 Å². The molecule has 25 heavy (non-hydrogen) atoms. The standard InChI is InChI=1S/C15H19N5O4S/c1-11-3-5-16-15(18-11)24-13-8-19(14(21)10-25(2,22)23)7-12-4-6-17-20(12)9-13/h3-6,13H,7-10H2,1-2H3/t13-/m1/s1. The van der Waals surface area contributed by atoms with Crippen molar-refractivity contribution in [2.75, 3.05) is 18.6 Å². The van der Waals surface area contributed by atoms with Gasteiger partial charge in [-0.05, 0) is 19.1 Å². The van der Waals surface area contributed by atoms with E-state index in [9.17, 15) is 13.2 Å². The van der Waals surface area contributed by atoms with Gasteiger partial charge < -0.3 is 9.64 Å². The second kappa shape index (κ2) is 6.79. The summed E-state index contributed by atoms with van der Waals surface area (Å²) in [4.78, 5) is 22.1. The van der Waals surface area contributed by atoms with E-state index in [-0.39, 0.29) is 19.1 Å². The first-order chi connectivity index (χ1) is 11.8. The van der Waals surface area contributed by atoms with Crippen LogP contribution in [0, 0.1) is 6.92 Å². The third-order valence-corrected chi connectivity index (χ3v) is 4.51. The van der Waals surface area contributed by atoms with Gasteiger partial charge >= 0.3 is 6.01 Å². The van der Waals surface area contributed by atoms with Gasteiger partial charge in [-0.2, -0.15) is 5.10 Å². The third kappa shape index (κ3) is 4.53. The lowest BCUT2D eigenvalue weighted by Gasteiger charge is -2.23. The first-order valence-corrected chi connectivity index (χ1v) is 9.79. The summed E-state index contributed by atoms with van der Waals surface area (Å²) in [6.45, 7) is 2.76. The van der Waals surface area contributed by atoms with Crippen molar-refractivity contribution in [3.8, 4) is 6.01 Å². The first-order valence-electron chi connectivity index (χ1n) is 7.72. The van der Waals surface area contributed by atoms with Crippen molar-refractivity contribution in [2.45, 2.75) is 26.1 Å². The van der Waals surface area contributed by atoms with Crippen LogP contribution in [0.5, 0.6) is 6.01 Å². The molecule has 0 unspecified atom stereocenters. The van der Waals surface area contributed by atoms with Crippen molar-refractivity contribution in [1.29, 1.82) is 0 Å². The number of hydrogen-bond acceptors (Lipinski definition) is 7. The van der Waals surface area contributed by atoms with Gasteiger partial charge in [-0.3, -0.25) is 9.48 Å². The van der Waals surface area contributed by atoms with Crippen LogP contribution in [0.1, 0.15) is 11.4 Å². The average Bonchev–Trinajstić information content (AvgIpc) is 2.84. The van der Waals surface area contributed by atoms with Gasteiger partial charge in [0.05, 0.1) is 25.3 Å². The second-order valence-electron chi connectivity index (χ2n) is 6.07. The molecular weight excluding hydrogens is 346 g/mol. The summed E-state index contributed by atoms with van der Waals surface area (Å²) in [5.41, 5.74) is 1.58. The van der Waals surface area contributed by atoms with E-state index in [0.717, 1.165) is 17.6 Å². The molecule has 1 amide bonds. The largest absolute Gasteiger partial charge is 0.456 e. The van der Waals surface area contributed by atoms with Crippen LogP contribution in [0.3, 0.4) is 0 Å². The molecule has 0 bridgehead atoms. The molecule has 1 aliphatic heterocycles. The lowest BCUT2D eigenvalue weighted by molar-refractivity contribution is -0.130. The van der Waals surface area contributed by atoms with Gasteiger partial charge in [0, 0.05) is 24.3 Å². The lowest BCUT2D eigenvalue weighted by atomic mass is 10.3. The summed E-state index contributed by atoms with van der Waals surface area (Å²) in [5.74, 6) is -0.995. The number of rotatable bonds is 4. The number of ether oxygens (including phenoxy) is 1. The minimum absolute atomic E-state index is 0.219. The molecule has 0 saturated heterocycles. The predicted octanol–water partition coefficient (Wildman–Crippen LogP) is -0.184. The molecule has 1 atom stereocenters. The van der Waals surface area contributed by atoms with Crippen molar-refractivity contribution in [1.82, 2.24) is 24.6 Å². The molecule has 2 aromatic heterocycles. The Labute approximate surface area is 145 Å². The molecule has 3 rings (SSSR count). The molecule has 9 nitrogen and oxygen atoms in total. The number of aromatic nitrogens is 4. The molecule has 2 aromatic rings. The molecular formula is C15H19N5O4S. The van der Waals surface area contributed by atoms with Crippen LogP contribution in [0.15, 0.2) is 24.5 Å². The van der Waals surface area contributed by atoms with Crippen molar-refractivity contribution in [3.05, 3.63) is 35.9 Å². The van der Waals surface area contributed by atoms with Crippen molar-refractivity contribution in [2.24, 2.45) is 0 Å². The maximum Gasteiger partial charge on any atom is 0.316 e. The number of hydrogen-bond donors (Lipinski definition) is 0. The highest BCUT2D eigenvalue weighted by atomic mass is 32.2. The quantitative estimate of drug-likeness (QED) is 0.739. The minimum atomic E-state index is -3.41. The molecule has 0 spiro atoms. The van der Waals surface area contributed by atoms with Gasteiger partial charge in [0.2, 0.25) is 5.91 Å². The number of aryl methyl sites for hydroxylation is 1. The highest BCUT2D eigenvalue weighted by molar-refractivity contribution is 7.91. The van der Waals surface area contributed by atoms with Crippen LogP contribution in [0.2, 0.25) is 0 Å². The van der Waals surface area contributed by atoms with Crippen LogP contribution < -0.4 is 4.74 Å². The number of amides is 1. The Balaban J connectivity index is 1.82. The van der Waals surface area contributed by atoms with Gasteiger partial charge in [0.1, 0.15) is 11.9 Å². The first kappa shape index (κ1) is 17.3. The molecule has 0 fully saturated rings. The number of carbonyl (C=O) groups excluding carboxylic acids is 1. The van der Waals surface area contributed by atoms with Gasteiger partial charge in [-0.15, -0.1) is 0 Å². The van der Waals surface area contributed by atoms with Crippen molar-refractivity contribution in [3.63, 3.8) is 0 Å². The van der Waals surface area contributed by atoms with Crippen molar-refractivity contribution >= 4 is 15.7 Å². The van der Waals surface area contributed by atoms with E-state index in [1.54, 1.807) is 29.2 Å². The molecule has 1 aliphatic rings. The Kier molecular flexibility index (Phi) is 4.71. The van der Waals surface area contributed by atoms with Gasteiger partial charge in [0.25, 0.3) is 0 Å². The smallest absolute Gasteiger partial charge is 0.316 e. The molecule has 0 radical (unpaired) electrons. The van der Waals surface area contributed by atoms with Crippen LogP contribution in [0.25, 0.3) is 0 Å². The Morgan fingerprint density at radius 2 is 2.12 bits per heavy atom. The predicted molar refractivity (Wildman–Crippen MR) is 88.5 cm³/mol. The fourth-order valence-corrected chi connectivity index (χ4v) is 3.26. The summed E-state index contributed by atoms with van der Waals surface area (Å²) in [7, 11) is -3.41. The molecule has 0 aliphatic carbocycles. The maximum atomic E-state index is 12.4. The highest BCUT2D eigenvalue weighted by Crippen LogP contribution is 2.16. The Bertz CT molecular complexity index is 880. The zero-order valence-electron chi connectivity index (χ0n) is 14.0. The van der Waals surface area contributed by atoms with Crippen LogP contribution in [-0.2, 0) is 27.7 Å². The molecule has 0 saturated carbocycles. The maximum absolute atomic E-state index is 12.4. The van der Waals surface area contributed by atoms with Crippen LogP contribution in [-0.4, -0.2) is 63.6 Å². The van der Waals surface area contributed by atoms with Crippen LogP contribution in [0.4, 0.5) is 0 Å². The molecule has 0 aromatic carbocycles. The number of carbonyl (C=O) groups is 1. The van der Waals surface area contributed by atoms with E-state index in [1.165, 1.54) is 4.90 Å². The highest BCUT2D eigenvalue weighted by Gasteiger charge is 2.28. The normalized spacial score (nSPS) is 17.7. The van der Waals surface area contributed by atoms with E-state index in [2.05, 4.69) is 15.1 Å². The van der Waals surface area contributed by atoms with E-state index < -0.39 is 27.6 Å². The molecule has 10 heteroatoms. The summed E-state index contributed by atoms with van der Waals surface area (Å²) in [6, 6.07) is 3.77. The molecule has 134 valence electrons. The summed E-state index contributed by atoms with van der Waals surface area (Å²) >= 11 is 0. The van der Waals surface area contributed by atoms with Gasteiger partial charge in [-0.25, -0.2) is 18.4 Å². The summed E-state index contributed by atoms with van der Waals surface area (Å²) in [6.07, 6.45) is 3.84. The summed E-state index contributed by atoms with van der Waals surface area (Å²) < 4.78 is 30.5. The fourth-order valence-electron chi connectivity index (χ4n) is 2.63. The monoisotopic (exact) mass is 365 g/mol. The Morgan fingerprint density at radius 3 is 2.84 bits per heavy atom. The van der Waals surface area contributed by atoms with E-state index in [4.69, 9.17) is 4.74 Å². The fraction of sp³-hybridized carbons (Fsp3) is 0.467. The van der Waals surface area contributed by atoms with E-state index >= 15 is 0 Å². The topological polar surface area (TPSA) is 107 Å². The molecule has 3 heterocycles. The van der Waals surface area contributed by atoms with Gasteiger partial charge in [-0.1, -0.05) is 0 Å². The number of sulfone groups is 1. The molecule has 0 N–H and O–H groups in total. The van der Waals surface area contributed by atoms with Crippen molar-refractivity contribution < 1.29 is 17.9 Å². The second-order valence-corrected chi connectivity index (χ2v) is 8.21. The average molecular weight is 365 g/mol. The minimum Gasteiger partial charge on any atom is -0.456 e. The van der Waals surface area contributed by atoms with Gasteiger partial charge in [0.15, 0.2) is 9.84 Å². The third-order valence-electron chi connectivity index (χ3n) is 3.74. The lowest BCUT2D eigenvalue weighted by Crippen LogP contribution is -2.41. The Hall–Kier alpha value is -2.49. The number of nitrogens with zero attached hydrogens (tertiary/aromatic N) is 5. The summed E-state index contributed by atoms with van der Waals surface area (Å²) in [5, 5.41) is 4.23. The Morgan fingerprint density at radius 1 is 1.32 bits per heavy atom. The number of fused-ring (bicyclic) bond motifs is 1. The SMILES string of the molecule is Cc1ccnc(O[C@@H]2CN(C(=O)CS(C)(=O)=O)Cc3ccnn3C2)n1. The van der Waals surface area contributed by atoms with Crippen LogP contribution >= 0.6 is 0 Å². The van der Waals surface area contributed by atoms with E-state index in [1.807, 2.05) is 6.92 Å². The zero-order chi connectivity index (χ0) is 18.0.